The molecule has 1 N–H and O–H groups in total. The maximum absolute atomic E-state index is 13.4. The maximum atomic E-state index is 13.4. The third-order valence-corrected chi connectivity index (χ3v) is 7.61. The molecule has 1 aromatic heterocycles. The number of carbonyl (C=O) groups excluding carboxylic acids is 2. The highest BCUT2D eigenvalue weighted by Crippen LogP contribution is 2.17. The normalized spacial score (nSPS) is 14.3. The van der Waals surface area contributed by atoms with Crippen LogP contribution in [0.25, 0.3) is 0 Å². The van der Waals surface area contributed by atoms with Gasteiger partial charge in [-0.1, -0.05) is 18.2 Å². The second kappa shape index (κ2) is 9.82. The largest absolute Gasteiger partial charge is 0.335 e. The third kappa shape index (κ3) is 5.47. The summed E-state index contributed by atoms with van der Waals surface area (Å²) in [6.07, 6.45) is 0. The van der Waals surface area contributed by atoms with Crippen LogP contribution in [0.15, 0.2) is 70.9 Å². The Morgan fingerprint density at radius 3 is 2.06 bits per heavy atom. The topological polar surface area (TPSA) is 86.8 Å². The number of carbonyl (C=O) groups is 2. The molecule has 10 heteroatoms. The summed E-state index contributed by atoms with van der Waals surface area (Å²) in [7, 11) is -3.77. The van der Waals surface area contributed by atoms with E-state index in [4.69, 9.17) is 0 Å². The van der Waals surface area contributed by atoms with Crippen LogP contribution in [-0.2, 0) is 16.6 Å². The maximum Gasteiger partial charge on any atom is 0.254 e. The number of nitrogens with zero attached hydrogens (tertiary/aromatic N) is 2. The molecule has 33 heavy (non-hydrogen) atoms. The lowest BCUT2D eigenvalue weighted by atomic mass is 10.1. The number of hydrogen-bond acceptors (Lipinski definition) is 5. The number of halogens is 1. The minimum Gasteiger partial charge on any atom is -0.335 e. The van der Waals surface area contributed by atoms with E-state index in [0.29, 0.717) is 26.2 Å². The number of thiophene rings is 1. The molecule has 4 rings (SSSR count). The fraction of sp³-hybridized carbons (Fsp3) is 0.217. The van der Waals surface area contributed by atoms with Crippen LogP contribution in [0, 0.1) is 5.82 Å². The molecular formula is C23H22FN3O4S2. The lowest BCUT2D eigenvalue weighted by Gasteiger charge is -2.35. The Labute approximate surface area is 195 Å². The van der Waals surface area contributed by atoms with Crippen molar-refractivity contribution < 1.29 is 22.4 Å². The summed E-state index contributed by atoms with van der Waals surface area (Å²) in [6.45, 7) is 1.39. The van der Waals surface area contributed by atoms with Crippen LogP contribution in [0.1, 0.15) is 25.6 Å². The molecule has 0 radical (unpaired) electrons. The van der Waals surface area contributed by atoms with Gasteiger partial charge in [0.2, 0.25) is 10.0 Å². The summed E-state index contributed by atoms with van der Waals surface area (Å²) in [6, 6.07) is 15.1. The molecule has 0 spiro atoms. The fourth-order valence-corrected chi connectivity index (χ4v) is 5.35. The number of hydrogen-bond donors (Lipinski definition) is 1. The van der Waals surface area contributed by atoms with Crippen LogP contribution in [0.5, 0.6) is 0 Å². The van der Waals surface area contributed by atoms with E-state index in [2.05, 4.69) is 4.72 Å². The highest BCUT2D eigenvalue weighted by molar-refractivity contribution is 7.89. The summed E-state index contributed by atoms with van der Waals surface area (Å²) in [4.78, 5) is 29.6. The van der Waals surface area contributed by atoms with Crippen LogP contribution >= 0.6 is 11.3 Å². The molecule has 0 atom stereocenters. The second-order valence-corrected chi connectivity index (χ2v) is 10.3. The van der Waals surface area contributed by atoms with Gasteiger partial charge in [-0.25, -0.2) is 17.5 Å². The predicted octanol–water partition coefficient (Wildman–Crippen LogP) is 2.96. The van der Waals surface area contributed by atoms with E-state index in [1.54, 1.807) is 21.9 Å². The van der Waals surface area contributed by atoms with E-state index in [-0.39, 0.29) is 34.4 Å². The van der Waals surface area contributed by atoms with Crippen molar-refractivity contribution in [1.29, 1.82) is 0 Å². The lowest BCUT2D eigenvalue weighted by molar-refractivity contribution is 0.0535. The molecule has 1 saturated heterocycles. The van der Waals surface area contributed by atoms with Gasteiger partial charge in [-0.15, -0.1) is 11.3 Å². The number of nitrogens with one attached hydrogen (secondary N) is 1. The highest BCUT2D eigenvalue weighted by Gasteiger charge is 2.26. The second-order valence-electron chi connectivity index (χ2n) is 7.53. The predicted molar refractivity (Wildman–Crippen MR) is 123 cm³/mol. The van der Waals surface area contributed by atoms with Gasteiger partial charge in [-0.3, -0.25) is 9.59 Å². The number of rotatable bonds is 6. The van der Waals surface area contributed by atoms with Gasteiger partial charge in [0.25, 0.3) is 11.8 Å². The minimum atomic E-state index is -3.77. The van der Waals surface area contributed by atoms with E-state index in [1.807, 2.05) is 17.5 Å². The molecule has 0 aliphatic carbocycles. The van der Waals surface area contributed by atoms with E-state index < -0.39 is 15.8 Å². The smallest absolute Gasteiger partial charge is 0.254 e. The zero-order valence-electron chi connectivity index (χ0n) is 17.6. The van der Waals surface area contributed by atoms with Crippen LogP contribution in [0.4, 0.5) is 4.39 Å². The van der Waals surface area contributed by atoms with Gasteiger partial charge >= 0.3 is 0 Å². The number of sulfonamides is 1. The molecule has 0 bridgehead atoms. The molecule has 3 aromatic rings. The van der Waals surface area contributed by atoms with Crippen molar-refractivity contribution in [2.45, 2.75) is 11.4 Å². The Balaban J connectivity index is 1.39. The van der Waals surface area contributed by atoms with Crippen LogP contribution in [0.3, 0.4) is 0 Å². The van der Waals surface area contributed by atoms with E-state index in [1.165, 1.54) is 47.7 Å². The van der Waals surface area contributed by atoms with Gasteiger partial charge < -0.3 is 9.80 Å². The van der Waals surface area contributed by atoms with Gasteiger partial charge in [-0.2, -0.15) is 0 Å². The SMILES string of the molecule is O=C(c1cccc(F)c1)N1CCN(C(=O)c2cccc(S(=O)(=O)NCc3cccs3)c2)CC1. The third-order valence-electron chi connectivity index (χ3n) is 5.33. The molecule has 1 fully saturated rings. The molecule has 0 unspecified atom stereocenters. The first-order valence-corrected chi connectivity index (χ1v) is 12.7. The number of amides is 2. The summed E-state index contributed by atoms with van der Waals surface area (Å²) < 4.78 is 41.3. The van der Waals surface area contributed by atoms with Crippen LogP contribution < -0.4 is 4.72 Å². The summed E-state index contributed by atoms with van der Waals surface area (Å²) >= 11 is 1.45. The monoisotopic (exact) mass is 487 g/mol. The van der Waals surface area contributed by atoms with Gasteiger partial charge in [0, 0.05) is 48.7 Å². The fourth-order valence-electron chi connectivity index (χ4n) is 3.56. The molecule has 1 aliphatic rings. The first-order chi connectivity index (χ1) is 15.8. The Hall–Kier alpha value is -3.08. The standard InChI is InChI=1S/C23H22FN3O4S2/c24-19-6-1-4-17(14-19)22(28)26-9-11-27(12-10-26)23(29)18-5-2-8-21(15-18)33(30,31)25-16-20-7-3-13-32-20/h1-8,13-15,25H,9-12,16H2. The molecule has 7 nitrogen and oxygen atoms in total. The van der Waals surface area contributed by atoms with Gasteiger partial charge in [0.05, 0.1) is 4.90 Å². The quantitative estimate of drug-likeness (QED) is 0.579. The molecule has 172 valence electrons. The zero-order valence-corrected chi connectivity index (χ0v) is 19.2. The molecule has 2 amide bonds. The molecular weight excluding hydrogens is 465 g/mol. The van der Waals surface area contributed by atoms with E-state index >= 15 is 0 Å². The van der Waals surface area contributed by atoms with Crippen LogP contribution in [-0.4, -0.2) is 56.2 Å². The Bertz CT molecular complexity index is 1250. The van der Waals surface area contributed by atoms with Crippen molar-refractivity contribution in [3.8, 4) is 0 Å². The van der Waals surface area contributed by atoms with Crippen molar-refractivity contribution in [2.75, 3.05) is 26.2 Å². The lowest BCUT2D eigenvalue weighted by Crippen LogP contribution is -2.50. The number of piperazine rings is 1. The van der Waals surface area contributed by atoms with Gasteiger partial charge in [0.1, 0.15) is 5.82 Å². The van der Waals surface area contributed by atoms with Crippen molar-refractivity contribution >= 4 is 33.2 Å². The summed E-state index contributed by atoms with van der Waals surface area (Å²) in [5.74, 6) is -1.07. The first kappa shape index (κ1) is 23.1. The van der Waals surface area contributed by atoms with Crippen molar-refractivity contribution in [3.05, 3.63) is 87.9 Å². The first-order valence-electron chi connectivity index (χ1n) is 10.3. The Morgan fingerprint density at radius 2 is 1.48 bits per heavy atom. The highest BCUT2D eigenvalue weighted by atomic mass is 32.2. The van der Waals surface area contributed by atoms with Crippen molar-refractivity contribution in [3.63, 3.8) is 0 Å². The summed E-state index contributed by atoms with van der Waals surface area (Å²) in [5.41, 5.74) is 0.529. The molecule has 2 heterocycles. The molecule has 0 saturated carbocycles. The Kier molecular flexibility index (Phi) is 6.87. The molecule has 2 aromatic carbocycles. The average molecular weight is 488 g/mol. The van der Waals surface area contributed by atoms with Gasteiger partial charge in [-0.05, 0) is 47.8 Å². The number of benzene rings is 2. The van der Waals surface area contributed by atoms with Crippen molar-refractivity contribution in [1.82, 2.24) is 14.5 Å². The van der Waals surface area contributed by atoms with Gasteiger partial charge in [0.15, 0.2) is 0 Å². The average Bonchev–Trinajstić information content (AvgIpc) is 3.36. The van der Waals surface area contributed by atoms with Crippen LogP contribution in [0.2, 0.25) is 0 Å². The molecule has 1 aliphatic heterocycles. The van der Waals surface area contributed by atoms with E-state index in [9.17, 15) is 22.4 Å². The minimum absolute atomic E-state index is 0.0184. The van der Waals surface area contributed by atoms with E-state index in [0.717, 1.165) is 4.88 Å². The summed E-state index contributed by atoms with van der Waals surface area (Å²) in [5, 5.41) is 1.87. The zero-order chi connectivity index (χ0) is 23.4. The van der Waals surface area contributed by atoms with Crippen molar-refractivity contribution in [2.24, 2.45) is 0 Å². The Morgan fingerprint density at radius 1 is 0.879 bits per heavy atom.